The Hall–Kier alpha value is -4.91. The molecule has 0 unspecified atom stereocenters. The molecule has 5 N–H and O–H groups in total. The Kier molecular flexibility index (Phi) is 5.96. The highest BCUT2D eigenvalue weighted by Gasteiger charge is 2.08. The molecule has 35 heavy (non-hydrogen) atoms. The highest BCUT2D eigenvalue weighted by molar-refractivity contribution is 6.04. The molecule has 7 nitrogen and oxygen atoms in total. The normalized spacial score (nSPS) is 10.7. The summed E-state index contributed by atoms with van der Waals surface area (Å²) in [5.41, 5.74) is 12.4. The van der Waals surface area contributed by atoms with Gasteiger partial charge in [-0.1, -0.05) is 0 Å². The standard InChI is InChI=1S/C28H24N6O/c1-34-16-13-24(14-17-34)31-21-5-2-19(3-6-21)28(35)33-23-9-7-22(8-10-23)32-26-12-15-30-27-18-20(29)4-11-25(26)27/h2-18H,1H3,(H4,29,30,32,33,35)/p+1. The molecular weight excluding hydrogens is 436 g/mol. The Morgan fingerprint density at radius 1 is 0.771 bits per heavy atom. The summed E-state index contributed by atoms with van der Waals surface area (Å²) in [7, 11) is 1.97. The van der Waals surface area contributed by atoms with Crippen molar-refractivity contribution in [3.8, 4) is 0 Å². The number of nitrogens with zero attached hydrogens (tertiary/aromatic N) is 2. The zero-order valence-corrected chi connectivity index (χ0v) is 19.2. The van der Waals surface area contributed by atoms with Crippen molar-refractivity contribution in [3.05, 3.63) is 109 Å². The second kappa shape index (κ2) is 9.52. The average molecular weight is 462 g/mol. The van der Waals surface area contributed by atoms with Crippen molar-refractivity contribution in [2.24, 2.45) is 7.05 Å². The van der Waals surface area contributed by atoms with Crippen molar-refractivity contribution < 1.29 is 9.36 Å². The van der Waals surface area contributed by atoms with E-state index < -0.39 is 0 Å². The Morgan fingerprint density at radius 3 is 2.14 bits per heavy atom. The van der Waals surface area contributed by atoms with E-state index in [0.29, 0.717) is 16.9 Å². The van der Waals surface area contributed by atoms with E-state index in [0.717, 1.165) is 33.7 Å². The first-order valence-electron chi connectivity index (χ1n) is 11.2. The molecular formula is C28H25N6O+. The third-order valence-electron chi connectivity index (χ3n) is 5.60. The Labute approximate surface area is 203 Å². The van der Waals surface area contributed by atoms with Gasteiger partial charge >= 0.3 is 0 Å². The van der Waals surface area contributed by atoms with Gasteiger partial charge in [-0.05, 0) is 72.8 Å². The van der Waals surface area contributed by atoms with Crippen molar-refractivity contribution in [2.45, 2.75) is 0 Å². The summed E-state index contributed by atoms with van der Waals surface area (Å²) in [5, 5.41) is 10.7. The quantitative estimate of drug-likeness (QED) is 0.201. The summed E-state index contributed by atoms with van der Waals surface area (Å²) in [6.45, 7) is 0. The number of nitrogens with one attached hydrogen (secondary N) is 3. The first-order valence-corrected chi connectivity index (χ1v) is 11.2. The van der Waals surface area contributed by atoms with Crippen molar-refractivity contribution in [1.29, 1.82) is 0 Å². The molecule has 2 heterocycles. The largest absolute Gasteiger partial charge is 0.399 e. The molecule has 0 aliphatic carbocycles. The van der Waals surface area contributed by atoms with Gasteiger partial charge in [0.15, 0.2) is 12.4 Å². The van der Waals surface area contributed by atoms with Crippen molar-refractivity contribution in [2.75, 3.05) is 21.7 Å². The van der Waals surface area contributed by atoms with E-state index in [9.17, 15) is 4.79 Å². The lowest BCUT2D eigenvalue weighted by atomic mass is 10.1. The predicted octanol–water partition coefficient (Wildman–Crippen LogP) is 5.38. The first kappa shape index (κ1) is 21.9. The highest BCUT2D eigenvalue weighted by Crippen LogP contribution is 2.27. The number of aromatic nitrogens is 2. The Morgan fingerprint density at radius 2 is 1.40 bits per heavy atom. The highest BCUT2D eigenvalue weighted by atomic mass is 16.1. The lowest BCUT2D eigenvalue weighted by Gasteiger charge is -2.11. The van der Waals surface area contributed by atoms with E-state index in [1.54, 1.807) is 18.3 Å². The third kappa shape index (κ3) is 5.20. The second-order valence-electron chi connectivity index (χ2n) is 8.25. The van der Waals surface area contributed by atoms with Crippen LogP contribution in [0.5, 0.6) is 0 Å². The van der Waals surface area contributed by atoms with Gasteiger partial charge in [-0.15, -0.1) is 0 Å². The van der Waals surface area contributed by atoms with Gasteiger partial charge in [-0.3, -0.25) is 9.78 Å². The molecule has 172 valence electrons. The Balaban J connectivity index is 1.22. The number of amides is 1. The molecule has 0 saturated carbocycles. The van der Waals surface area contributed by atoms with Gasteiger partial charge in [0, 0.05) is 57.7 Å². The number of hydrogen-bond donors (Lipinski definition) is 4. The van der Waals surface area contributed by atoms with E-state index in [2.05, 4.69) is 20.9 Å². The molecule has 0 bridgehead atoms. The number of hydrogen-bond acceptors (Lipinski definition) is 5. The van der Waals surface area contributed by atoms with E-state index >= 15 is 0 Å². The van der Waals surface area contributed by atoms with Crippen LogP contribution in [0, 0.1) is 0 Å². The van der Waals surface area contributed by atoms with Crippen LogP contribution in [0.25, 0.3) is 10.9 Å². The van der Waals surface area contributed by atoms with Crippen LogP contribution in [0.1, 0.15) is 10.4 Å². The summed E-state index contributed by atoms with van der Waals surface area (Å²) >= 11 is 0. The summed E-state index contributed by atoms with van der Waals surface area (Å²) in [6, 6.07) is 26.5. The van der Waals surface area contributed by atoms with Crippen molar-refractivity contribution >= 4 is 50.9 Å². The van der Waals surface area contributed by atoms with Crippen LogP contribution < -0.4 is 26.3 Å². The van der Waals surface area contributed by atoms with Gasteiger partial charge in [0.1, 0.15) is 7.05 Å². The number of rotatable bonds is 6. The smallest absolute Gasteiger partial charge is 0.255 e. The van der Waals surface area contributed by atoms with E-state index in [-0.39, 0.29) is 5.91 Å². The number of carbonyl (C=O) groups excluding carboxylic acids is 1. The molecule has 0 atom stereocenters. The number of carbonyl (C=O) groups is 1. The molecule has 7 heteroatoms. The fourth-order valence-electron chi connectivity index (χ4n) is 3.73. The predicted molar refractivity (Wildman–Crippen MR) is 141 cm³/mol. The van der Waals surface area contributed by atoms with Gasteiger partial charge in [0.25, 0.3) is 5.91 Å². The number of aryl methyl sites for hydroxylation is 1. The van der Waals surface area contributed by atoms with Crippen LogP contribution in [0.15, 0.2) is 104 Å². The SMILES string of the molecule is C[n+]1ccc(Nc2ccc(C(=O)Nc3ccc(Nc4ccnc5cc(N)ccc45)cc3)cc2)cc1. The zero-order chi connectivity index (χ0) is 24.2. The summed E-state index contributed by atoms with van der Waals surface area (Å²) in [4.78, 5) is 17.1. The average Bonchev–Trinajstić information content (AvgIpc) is 2.87. The minimum atomic E-state index is -0.165. The van der Waals surface area contributed by atoms with Crippen LogP contribution in [0.2, 0.25) is 0 Å². The topological polar surface area (TPSA) is 96.0 Å². The van der Waals surface area contributed by atoms with Gasteiger partial charge in [-0.2, -0.15) is 0 Å². The van der Waals surface area contributed by atoms with Crippen LogP contribution in [-0.2, 0) is 7.05 Å². The number of nitrogen functional groups attached to an aromatic ring is 1. The lowest BCUT2D eigenvalue weighted by Crippen LogP contribution is -2.25. The maximum absolute atomic E-state index is 12.7. The molecule has 0 fully saturated rings. The minimum Gasteiger partial charge on any atom is -0.399 e. The molecule has 5 rings (SSSR count). The second-order valence-corrected chi connectivity index (χ2v) is 8.25. The number of anilines is 6. The van der Waals surface area contributed by atoms with Gasteiger partial charge in [0.05, 0.1) is 11.2 Å². The molecule has 2 aromatic heterocycles. The van der Waals surface area contributed by atoms with Gasteiger partial charge < -0.3 is 21.7 Å². The minimum absolute atomic E-state index is 0.165. The molecule has 3 aromatic carbocycles. The molecule has 0 aliphatic rings. The zero-order valence-electron chi connectivity index (χ0n) is 19.2. The van der Waals surface area contributed by atoms with Crippen LogP contribution in [0.4, 0.5) is 34.1 Å². The fourth-order valence-corrected chi connectivity index (χ4v) is 3.73. The molecule has 0 aliphatic heterocycles. The third-order valence-corrected chi connectivity index (χ3v) is 5.60. The number of nitrogens with two attached hydrogens (primary N) is 1. The summed E-state index contributed by atoms with van der Waals surface area (Å²) in [5.74, 6) is -0.165. The molecule has 0 spiro atoms. The van der Waals surface area contributed by atoms with Crippen LogP contribution in [0.3, 0.4) is 0 Å². The summed E-state index contributed by atoms with van der Waals surface area (Å²) < 4.78 is 1.97. The van der Waals surface area contributed by atoms with Gasteiger partial charge in [0.2, 0.25) is 0 Å². The van der Waals surface area contributed by atoms with Gasteiger partial charge in [-0.25, -0.2) is 4.57 Å². The number of benzene rings is 3. The van der Waals surface area contributed by atoms with E-state index in [1.807, 2.05) is 96.8 Å². The number of fused-ring (bicyclic) bond motifs is 1. The van der Waals surface area contributed by atoms with E-state index in [4.69, 9.17) is 5.73 Å². The van der Waals surface area contributed by atoms with Crippen LogP contribution in [-0.4, -0.2) is 10.9 Å². The fraction of sp³-hybridized carbons (Fsp3) is 0.0357. The molecule has 0 saturated heterocycles. The summed E-state index contributed by atoms with van der Waals surface area (Å²) in [6.07, 6.45) is 5.69. The van der Waals surface area contributed by atoms with E-state index in [1.165, 1.54) is 0 Å². The lowest BCUT2D eigenvalue weighted by molar-refractivity contribution is -0.671. The Bertz CT molecular complexity index is 1480. The monoisotopic (exact) mass is 461 g/mol. The first-order chi connectivity index (χ1) is 17.0. The molecule has 5 aromatic rings. The number of pyridine rings is 2. The maximum atomic E-state index is 12.7. The van der Waals surface area contributed by atoms with Crippen molar-refractivity contribution in [1.82, 2.24) is 4.98 Å². The van der Waals surface area contributed by atoms with Crippen molar-refractivity contribution in [3.63, 3.8) is 0 Å². The van der Waals surface area contributed by atoms with Crippen LogP contribution >= 0.6 is 0 Å². The molecule has 0 radical (unpaired) electrons. The maximum Gasteiger partial charge on any atom is 0.255 e. The molecule has 1 amide bonds.